The Labute approximate surface area is 266 Å². The molecule has 2 saturated heterocycles. The molecule has 2 aliphatic heterocycles. The monoisotopic (exact) mass is 656 g/mol. The third-order valence-corrected chi connectivity index (χ3v) is 6.67. The number of hydrogen-bond donors (Lipinski definition) is 2. The molecule has 0 spiro atoms. The van der Waals surface area contributed by atoms with Gasteiger partial charge in [-0.2, -0.15) is 0 Å². The maximum absolute atomic E-state index is 12.8. The van der Waals surface area contributed by atoms with Crippen LogP contribution in [0.3, 0.4) is 0 Å². The van der Waals surface area contributed by atoms with E-state index in [-0.39, 0.29) is 26.2 Å². The van der Waals surface area contributed by atoms with E-state index in [2.05, 4.69) is 10.6 Å². The van der Waals surface area contributed by atoms with Crippen LogP contribution >= 0.6 is 0 Å². The first-order valence-corrected chi connectivity index (χ1v) is 14.6. The fourth-order valence-electron chi connectivity index (χ4n) is 4.19. The fraction of sp³-hybridized carbons (Fsp3) is 0.714. The summed E-state index contributed by atoms with van der Waals surface area (Å²) < 4.78 is 20.0. The highest BCUT2D eigenvalue weighted by Crippen LogP contribution is 2.18. The molecule has 2 N–H and O–H groups in total. The molecule has 0 aromatic heterocycles. The summed E-state index contributed by atoms with van der Waals surface area (Å²) in [6, 6.07) is -0.918. The lowest BCUT2D eigenvalue weighted by Gasteiger charge is -2.43. The van der Waals surface area contributed by atoms with Gasteiger partial charge in [0.2, 0.25) is 23.6 Å². The minimum Gasteiger partial charge on any atom is -0.444 e. The number of piperazine rings is 2. The number of nitrogens with zero attached hydrogens (tertiary/aromatic N) is 4. The molecule has 0 aromatic carbocycles. The van der Waals surface area contributed by atoms with E-state index >= 15 is 0 Å². The van der Waals surface area contributed by atoms with E-state index in [4.69, 9.17) is 18.9 Å². The number of imide groups is 2. The predicted molar refractivity (Wildman–Crippen MR) is 156 cm³/mol. The highest BCUT2D eigenvalue weighted by atomic mass is 16.6. The number of hydrogen-bond acceptors (Lipinski definition) is 14. The summed E-state index contributed by atoms with van der Waals surface area (Å²) in [5.74, 6) is -4.24. The number of ether oxygens (including phenoxy) is 4. The Morgan fingerprint density at radius 1 is 0.609 bits per heavy atom. The first-order valence-electron chi connectivity index (χ1n) is 14.6. The molecule has 2 atom stereocenters. The Kier molecular flexibility index (Phi) is 13.0. The van der Waals surface area contributed by atoms with Crippen LogP contribution in [0.2, 0.25) is 0 Å². The lowest BCUT2D eigenvalue weighted by Crippen LogP contribution is -2.63. The SMILES string of the molecule is CC(C(C)N1CC(=O)N(COC(=O)CNC(=O)OC(C)(C)C)C(=O)C1)N1CC(=O)N(COC(=O)CNC(=O)OC(C)(C)C)C(=O)C1. The maximum Gasteiger partial charge on any atom is 0.408 e. The Morgan fingerprint density at radius 3 is 1.15 bits per heavy atom. The highest BCUT2D eigenvalue weighted by molar-refractivity contribution is 6.00. The zero-order valence-electron chi connectivity index (χ0n) is 27.5. The summed E-state index contributed by atoms with van der Waals surface area (Å²) in [5, 5.41) is 4.45. The number of carbonyl (C=O) groups is 8. The highest BCUT2D eigenvalue weighted by Gasteiger charge is 2.40. The molecule has 0 bridgehead atoms. The largest absolute Gasteiger partial charge is 0.444 e. The van der Waals surface area contributed by atoms with Crippen molar-refractivity contribution in [3.05, 3.63) is 0 Å². The molecule has 18 heteroatoms. The predicted octanol–water partition coefficient (Wildman–Crippen LogP) is -0.844. The van der Waals surface area contributed by atoms with Crippen molar-refractivity contribution >= 4 is 47.8 Å². The Bertz CT molecular complexity index is 1080. The third-order valence-electron chi connectivity index (χ3n) is 6.67. The van der Waals surface area contributed by atoms with Crippen LogP contribution in [0, 0.1) is 0 Å². The van der Waals surface area contributed by atoms with Gasteiger partial charge in [0.15, 0.2) is 13.5 Å². The van der Waals surface area contributed by atoms with Crippen molar-refractivity contribution in [1.82, 2.24) is 30.2 Å². The molecule has 2 rings (SSSR count). The van der Waals surface area contributed by atoms with E-state index in [0.717, 1.165) is 9.80 Å². The number of amides is 6. The quantitative estimate of drug-likeness (QED) is 0.158. The van der Waals surface area contributed by atoms with Crippen LogP contribution in [0.1, 0.15) is 55.4 Å². The number of carbonyl (C=O) groups excluding carboxylic acids is 8. The van der Waals surface area contributed by atoms with Gasteiger partial charge < -0.3 is 29.6 Å². The molecule has 0 radical (unpaired) electrons. The first kappa shape index (κ1) is 37.9. The molecular weight excluding hydrogens is 612 g/mol. The summed E-state index contributed by atoms with van der Waals surface area (Å²) in [5.41, 5.74) is -1.52. The normalized spacial score (nSPS) is 18.1. The zero-order chi connectivity index (χ0) is 35.0. The Balaban J connectivity index is 1.81. The molecule has 2 aliphatic rings. The van der Waals surface area contributed by atoms with E-state index in [1.165, 1.54) is 0 Å². The molecule has 2 heterocycles. The Hall–Kier alpha value is -4.32. The third kappa shape index (κ3) is 12.2. The van der Waals surface area contributed by atoms with Crippen LogP contribution in [-0.2, 0) is 47.7 Å². The van der Waals surface area contributed by atoms with Gasteiger partial charge >= 0.3 is 24.1 Å². The summed E-state index contributed by atoms with van der Waals surface area (Å²) in [4.78, 5) is 103. The summed E-state index contributed by atoms with van der Waals surface area (Å²) in [7, 11) is 0. The smallest absolute Gasteiger partial charge is 0.408 e. The minimum absolute atomic E-state index is 0.194. The van der Waals surface area contributed by atoms with E-state index < -0.39 is 97.6 Å². The lowest BCUT2D eigenvalue weighted by atomic mass is 10.1. The van der Waals surface area contributed by atoms with Gasteiger partial charge in [-0.25, -0.2) is 19.4 Å². The molecule has 18 nitrogen and oxygen atoms in total. The van der Waals surface area contributed by atoms with Gasteiger partial charge in [-0.15, -0.1) is 0 Å². The molecular formula is C28H44N6O12. The van der Waals surface area contributed by atoms with Crippen LogP contribution < -0.4 is 10.6 Å². The van der Waals surface area contributed by atoms with Crippen molar-refractivity contribution in [2.45, 2.75) is 78.7 Å². The van der Waals surface area contributed by atoms with Gasteiger partial charge in [-0.05, 0) is 55.4 Å². The topological polar surface area (TPSA) is 210 Å². The molecule has 46 heavy (non-hydrogen) atoms. The molecule has 0 aliphatic carbocycles. The summed E-state index contributed by atoms with van der Waals surface area (Å²) in [6.07, 6.45) is -1.66. The molecule has 2 unspecified atom stereocenters. The second-order valence-electron chi connectivity index (χ2n) is 12.7. The van der Waals surface area contributed by atoms with Crippen molar-refractivity contribution in [3.63, 3.8) is 0 Å². The summed E-state index contributed by atoms with van der Waals surface area (Å²) >= 11 is 0. The van der Waals surface area contributed by atoms with Crippen molar-refractivity contribution in [2.75, 3.05) is 52.7 Å². The number of alkyl carbamates (subject to hydrolysis) is 2. The number of nitrogens with one attached hydrogen (secondary N) is 2. The van der Waals surface area contributed by atoms with Crippen LogP contribution in [0.15, 0.2) is 0 Å². The lowest BCUT2D eigenvalue weighted by molar-refractivity contribution is -0.168. The van der Waals surface area contributed by atoms with Crippen molar-refractivity contribution < 1.29 is 57.3 Å². The van der Waals surface area contributed by atoms with E-state index in [1.54, 1.807) is 65.2 Å². The average molecular weight is 657 g/mol. The van der Waals surface area contributed by atoms with Crippen LogP contribution in [-0.4, -0.2) is 143 Å². The molecule has 0 aromatic rings. The fourth-order valence-corrected chi connectivity index (χ4v) is 4.19. The number of esters is 2. The molecule has 6 amide bonds. The maximum atomic E-state index is 12.8. The van der Waals surface area contributed by atoms with Gasteiger partial charge in [-0.3, -0.25) is 38.6 Å². The minimum atomic E-state index is -0.878. The molecule has 258 valence electrons. The number of rotatable bonds is 11. The average Bonchev–Trinajstić information content (AvgIpc) is 2.91. The van der Waals surface area contributed by atoms with Gasteiger partial charge in [0.05, 0.1) is 26.2 Å². The molecule has 2 fully saturated rings. The Morgan fingerprint density at radius 2 is 0.891 bits per heavy atom. The van der Waals surface area contributed by atoms with Gasteiger partial charge in [-0.1, -0.05) is 0 Å². The van der Waals surface area contributed by atoms with Crippen molar-refractivity contribution in [2.24, 2.45) is 0 Å². The summed E-state index contributed by atoms with van der Waals surface area (Å²) in [6.45, 7) is 10.3. The van der Waals surface area contributed by atoms with E-state index in [9.17, 15) is 38.4 Å². The van der Waals surface area contributed by atoms with E-state index in [1.807, 2.05) is 0 Å². The second-order valence-corrected chi connectivity index (χ2v) is 12.7. The van der Waals surface area contributed by atoms with E-state index in [0.29, 0.717) is 0 Å². The van der Waals surface area contributed by atoms with Gasteiger partial charge in [0, 0.05) is 12.1 Å². The van der Waals surface area contributed by atoms with Crippen LogP contribution in [0.4, 0.5) is 9.59 Å². The van der Waals surface area contributed by atoms with Crippen molar-refractivity contribution in [1.29, 1.82) is 0 Å². The standard InChI is InChI=1S/C28H44N6O12/c1-17(31-11-19(35)33(20(36)12-31)15-43-23(39)9-29-25(41)45-27(3,4)5)18(2)32-13-21(37)34(22(38)14-32)16-44-24(40)10-30-26(42)46-28(6,7)8/h17-18H,9-16H2,1-8H3,(H,29,41)(H,30,42). The second kappa shape index (κ2) is 15.8. The zero-order valence-corrected chi connectivity index (χ0v) is 27.5. The molecule has 0 saturated carbocycles. The van der Waals surface area contributed by atoms with Crippen LogP contribution in [0.5, 0.6) is 0 Å². The first-order chi connectivity index (χ1) is 21.2. The van der Waals surface area contributed by atoms with Crippen molar-refractivity contribution in [3.8, 4) is 0 Å². The van der Waals surface area contributed by atoms with Gasteiger partial charge in [0.1, 0.15) is 24.3 Å². The van der Waals surface area contributed by atoms with Crippen LogP contribution in [0.25, 0.3) is 0 Å². The van der Waals surface area contributed by atoms with Gasteiger partial charge in [0.25, 0.3) is 0 Å².